The molecular weight excluding hydrogens is 480 g/mol. The molecule has 5 fully saturated rings. The van der Waals surface area contributed by atoms with Crippen molar-refractivity contribution in [2.75, 3.05) is 33.4 Å². The fourth-order valence-electron chi connectivity index (χ4n) is 9.68. The number of rotatable bonds is 6. The second-order valence-corrected chi connectivity index (χ2v) is 16.1. The summed E-state index contributed by atoms with van der Waals surface area (Å²) in [5.74, 6) is 5.21. The predicted molar refractivity (Wildman–Crippen MR) is 152 cm³/mol. The van der Waals surface area contributed by atoms with Crippen LogP contribution in [0.2, 0.25) is 0 Å². The summed E-state index contributed by atoms with van der Waals surface area (Å²) in [4.78, 5) is 2.65. The first-order valence-electron chi connectivity index (χ1n) is 16.1. The maximum absolute atomic E-state index is 13.9. The van der Waals surface area contributed by atoms with E-state index in [0.29, 0.717) is 30.5 Å². The van der Waals surface area contributed by atoms with Crippen molar-refractivity contribution in [1.29, 1.82) is 0 Å². The summed E-state index contributed by atoms with van der Waals surface area (Å²) < 4.78 is 35.6. The smallest absolute Gasteiger partial charge is 0.217 e. The minimum absolute atomic E-state index is 0.169. The zero-order valence-corrected chi connectivity index (χ0v) is 25.1. The van der Waals surface area contributed by atoms with Crippen molar-refractivity contribution >= 4 is 10.0 Å². The third-order valence-corrected chi connectivity index (χ3v) is 14.6. The van der Waals surface area contributed by atoms with Crippen LogP contribution in [0.1, 0.15) is 104 Å². The van der Waals surface area contributed by atoms with E-state index in [0.717, 1.165) is 81.4 Å². The van der Waals surface area contributed by atoms with Crippen LogP contribution in [-0.2, 0) is 14.8 Å². The quantitative estimate of drug-likeness (QED) is 0.406. The van der Waals surface area contributed by atoms with Gasteiger partial charge in [0.05, 0.1) is 11.9 Å². The fourth-order valence-corrected chi connectivity index (χ4v) is 12.0. The van der Waals surface area contributed by atoms with E-state index in [2.05, 4.69) is 25.7 Å². The Balaban J connectivity index is 1.28. The van der Waals surface area contributed by atoms with E-state index in [-0.39, 0.29) is 5.25 Å². The summed E-state index contributed by atoms with van der Waals surface area (Å²) in [6.07, 6.45) is 16.0. The first-order chi connectivity index (χ1) is 17.8. The van der Waals surface area contributed by atoms with E-state index in [1.807, 2.05) is 11.4 Å². The topological polar surface area (TPSA) is 49.9 Å². The molecule has 0 aromatic heterocycles. The maximum Gasteiger partial charge on any atom is 0.217 e. The summed E-state index contributed by atoms with van der Waals surface area (Å²) in [7, 11) is -1.39. The van der Waals surface area contributed by atoms with E-state index < -0.39 is 10.0 Å². The van der Waals surface area contributed by atoms with Gasteiger partial charge in [0.1, 0.15) is 0 Å². The van der Waals surface area contributed by atoms with Crippen molar-refractivity contribution in [1.82, 2.24) is 9.21 Å². The summed E-state index contributed by atoms with van der Waals surface area (Å²) in [5.41, 5.74) is 0. The first kappa shape index (κ1) is 28.4. The van der Waals surface area contributed by atoms with Gasteiger partial charge >= 0.3 is 0 Å². The summed E-state index contributed by atoms with van der Waals surface area (Å²) >= 11 is 0. The minimum atomic E-state index is -3.24. The molecule has 6 heteroatoms. The molecule has 3 saturated carbocycles. The van der Waals surface area contributed by atoms with Gasteiger partial charge in [0, 0.05) is 32.3 Å². The Kier molecular flexibility index (Phi) is 9.31. The molecule has 37 heavy (non-hydrogen) atoms. The molecule has 0 N–H and O–H groups in total. The van der Waals surface area contributed by atoms with Gasteiger partial charge in [-0.3, -0.25) is 4.90 Å². The third-order valence-electron chi connectivity index (χ3n) is 12.1. The standard InChI is InChI=1S/C31H56N2O3S/c1-22-11-9-12-27(24(22)3)25-14-16-26(17-15-25)31-28-20-32(18-7-8-19-33(28)29(31)21-36-4)37(34,35)30-13-6-5-10-23(30)2/h22-31H,5-21H2,1-4H3/t22?,23?,24?,25?,26?,27?,28?,29-,30?,31+/m1/s1. The Hall–Kier alpha value is -0.170. The van der Waals surface area contributed by atoms with Crippen LogP contribution in [0.3, 0.4) is 0 Å². The van der Waals surface area contributed by atoms with Crippen LogP contribution in [0, 0.1) is 41.4 Å². The van der Waals surface area contributed by atoms with E-state index >= 15 is 0 Å². The molecule has 5 aliphatic rings. The van der Waals surface area contributed by atoms with Crippen molar-refractivity contribution in [3.8, 4) is 0 Å². The van der Waals surface area contributed by atoms with E-state index in [9.17, 15) is 8.42 Å². The van der Waals surface area contributed by atoms with Gasteiger partial charge < -0.3 is 4.74 Å². The molecular formula is C31H56N2O3S. The first-order valence-corrected chi connectivity index (χ1v) is 17.6. The summed E-state index contributed by atoms with van der Waals surface area (Å²) in [5, 5.41) is -0.169. The van der Waals surface area contributed by atoms with Crippen LogP contribution in [-0.4, -0.2) is 68.3 Å². The minimum Gasteiger partial charge on any atom is -0.383 e. The highest BCUT2D eigenvalue weighted by Crippen LogP contribution is 2.50. The molecule has 2 saturated heterocycles. The summed E-state index contributed by atoms with van der Waals surface area (Å²) in [6, 6.07) is 0.853. The molecule has 0 aromatic rings. The molecule has 0 bridgehead atoms. The molecule has 2 aliphatic heterocycles. The number of sulfonamides is 1. The number of nitrogens with zero attached hydrogens (tertiary/aromatic N) is 2. The molecule has 5 nitrogen and oxygen atoms in total. The van der Waals surface area contributed by atoms with Crippen LogP contribution in [0.4, 0.5) is 0 Å². The van der Waals surface area contributed by atoms with E-state index in [1.54, 1.807) is 0 Å². The molecule has 5 rings (SSSR count). The number of fused-ring (bicyclic) bond motifs is 1. The summed E-state index contributed by atoms with van der Waals surface area (Å²) in [6.45, 7) is 10.5. The van der Waals surface area contributed by atoms with Gasteiger partial charge in [-0.25, -0.2) is 12.7 Å². The maximum atomic E-state index is 13.9. The van der Waals surface area contributed by atoms with Crippen LogP contribution in [0.15, 0.2) is 0 Å². The molecule has 3 aliphatic carbocycles. The van der Waals surface area contributed by atoms with E-state index in [4.69, 9.17) is 4.74 Å². The average Bonchev–Trinajstić information content (AvgIpc) is 2.87. The number of hydrogen-bond acceptors (Lipinski definition) is 4. The average molecular weight is 537 g/mol. The van der Waals surface area contributed by atoms with Gasteiger partial charge in [-0.1, -0.05) is 46.5 Å². The Morgan fingerprint density at radius 3 is 2.16 bits per heavy atom. The van der Waals surface area contributed by atoms with Crippen molar-refractivity contribution in [3.63, 3.8) is 0 Å². The normalized spacial score (nSPS) is 44.9. The Bertz CT molecular complexity index is 841. The van der Waals surface area contributed by atoms with Crippen molar-refractivity contribution in [2.24, 2.45) is 41.4 Å². The van der Waals surface area contributed by atoms with Crippen molar-refractivity contribution < 1.29 is 13.2 Å². The second-order valence-electron chi connectivity index (χ2n) is 13.9. The molecule has 0 spiro atoms. The lowest BCUT2D eigenvalue weighted by Gasteiger charge is -2.60. The van der Waals surface area contributed by atoms with E-state index in [1.165, 1.54) is 51.4 Å². The van der Waals surface area contributed by atoms with Crippen molar-refractivity contribution in [2.45, 2.75) is 122 Å². The predicted octanol–water partition coefficient (Wildman–Crippen LogP) is 6.18. The Morgan fingerprint density at radius 1 is 0.757 bits per heavy atom. The molecule has 0 amide bonds. The van der Waals surface area contributed by atoms with Gasteiger partial charge in [-0.05, 0) is 106 Å². The number of hydrogen-bond donors (Lipinski definition) is 0. The van der Waals surface area contributed by atoms with Crippen LogP contribution in [0.25, 0.3) is 0 Å². The zero-order valence-electron chi connectivity index (χ0n) is 24.3. The Labute approximate surface area is 228 Å². The van der Waals surface area contributed by atoms with Crippen molar-refractivity contribution in [3.05, 3.63) is 0 Å². The van der Waals surface area contributed by atoms with Gasteiger partial charge in [0.2, 0.25) is 10.0 Å². The highest BCUT2D eigenvalue weighted by atomic mass is 32.2. The monoisotopic (exact) mass is 536 g/mol. The van der Waals surface area contributed by atoms with Crippen LogP contribution < -0.4 is 0 Å². The lowest BCUT2D eigenvalue weighted by molar-refractivity contribution is -0.128. The molecule has 2 heterocycles. The lowest BCUT2D eigenvalue weighted by atomic mass is 9.60. The highest BCUT2D eigenvalue weighted by Gasteiger charge is 2.54. The Morgan fingerprint density at radius 2 is 1.43 bits per heavy atom. The molecule has 0 radical (unpaired) electrons. The molecule has 214 valence electrons. The largest absolute Gasteiger partial charge is 0.383 e. The van der Waals surface area contributed by atoms with Gasteiger partial charge in [0.25, 0.3) is 0 Å². The van der Waals surface area contributed by atoms with Crippen LogP contribution >= 0.6 is 0 Å². The molecule has 0 aromatic carbocycles. The van der Waals surface area contributed by atoms with Crippen LogP contribution in [0.5, 0.6) is 0 Å². The number of ether oxygens (including phenoxy) is 1. The highest BCUT2D eigenvalue weighted by molar-refractivity contribution is 7.89. The van der Waals surface area contributed by atoms with Gasteiger partial charge in [-0.2, -0.15) is 0 Å². The van der Waals surface area contributed by atoms with Gasteiger partial charge in [0.15, 0.2) is 0 Å². The molecule has 8 atom stereocenters. The number of methoxy groups -OCH3 is 1. The van der Waals surface area contributed by atoms with Gasteiger partial charge in [-0.15, -0.1) is 0 Å². The SMILES string of the molecule is COC[C@@H]1[C@@H](C2CCC(C3CCCC(C)C3C)CC2)C2CN(S(=O)(=O)C3CCCCC3C)CCCCN21. The zero-order chi connectivity index (χ0) is 26.2. The fraction of sp³-hybridized carbons (Fsp3) is 1.00. The third kappa shape index (κ3) is 5.70. The molecule has 6 unspecified atom stereocenters. The second kappa shape index (κ2) is 12.1. The lowest BCUT2D eigenvalue weighted by Crippen LogP contribution is -2.71.